The van der Waals surface area contributed by atoms with Crippen LogP contribution in [-0.4, -0.2) is 35.7 Å². The number of benzene rings is 1. The van der Waals surface area contributed by atoms with E-state index in [2.05, 4.69) is 25.4 Å². The highest BCUT2D eigenvalue weighted by atomic mass is 16.3. The number of imidazole rings is 1. The minimum absolute atomic E-state index is 0.226. The van der Waals surface area contributed by atoms with Crippen molar-refractivity contribution in [2.24, 2.45) is 4.99 Å². The number of nitrogens with zero attached hydrogens (tertiary/aromatic N) is 4. The number of nitrogens with one attached hydrogen (secondary N) is 3. The molecule has 9 nitrogen and oxygen atoms in total. The van der Waals surface area contributed by atoms with Crippen molar-refractivity contribution < 1.29 is 5.11 Å². The largest absolute Gasteiger partial charge is 0.493 e. The summed E-state index contributed by atoms with van der Waals surface area (Å²) >= 11 is 0. The molecule has 1 aromatic carbocycles. The molecule has 29 heavy (non-hydrogen) atoms. The van der Waals surface area contributed by atoms with Crippen LogP contribution in [0.15, 0.2) is 52.4 Å². The maximum absolute atomic E-state index is 11.4. The van der Waals surface area contributed by atoms with Gasteiger partial charge in [-0.1, -0.05) is 30.3 Å². The van der Waals surface area contributed by atoms with Crippen LogP contribution in [0.5, 0.6) is 5.88 Å². The van der Waals surface area contributed by atoms with E-state index in [1.165, 1.54) is 0 Å². The number of H-pyrrole nitrogens is 2. The average Bonchev–Trinajstić information content (AvgIpc) is 3.36. The van der Waals surface area contributed by atoms with Gasteiger partial charge in [0.25, 0.3) is 0 Å². The van der Waals surface area contributed by atoms with Gasteiger partial charge in [-0.05, 0) is 24.5 Å². The fourth-order valence-electron chi connectivity index (χ4n) is 3.08. The lowest BCUT2D eigenvalue weighted by Gasteiger charge is -2.06. The molecular formula is C20H19N7O2. The molecule has 0 aliphatic heterocycles. The van der Waals surface area contributed by atoms with Gasteiger partial charge in [-0.15, -0.1) is 0 Å². The molecule has 4 N–H and O–H groups in total. The van der Waals surface area contributed by atoms with Gasteiger partial charge in [-0.3, -0.25) is 9.98 Å². The number of rotatable bonds is 5. The van der Waals surface area contributed by atoms with Crippen molar-refractivity contribution in [1.29, 1.82) is 0 Å². The standard InChI is InChI=1S/C20H19N7O2/c28-19-15(24-20(29)26-19)8-13-11-22-27-17(23-14-6-7-14)9-16(25-18(13)27)21-10-12-4-2-1-3-5-12/h1-5,8-9,11,14,21,28H,6-7,10H2,(H2,24,26,29). The first-order valence-corrected chi connectivity index (χ1v) is 9.39. The Labute approximate surface area is 164 Å². The van der Waals surface area contributed by atoms with Crippen LogP contribution in [0.3, 0.4) is 0 Å². The first-order valence-electron chi connectivity index (χ1n) is 9.39. The van der Waals surface area contributed by atoms with E-state index in [1.807, 2.05) is 36.4 Å². The highest BCUT2D eigenvalue weighted by Crippen LogP contribution is 2.22. The number of hydrogen-bond donors (Lipinski definition) is 4. The van der Waals surface area contributed by atoms with Gasteiger partial charge in [0, 0.05) is 17.8 Å². The maximum atomic E-state index is 11.4. The van der Waals surface area contributed by atoms with Crippen molar-refractivity contribution in [2.75, 3.05) is 5.32 Å². The number of aromatic nitrogens is 5. The Kier molecular flexibility index (Phi) is 4.12. The average molecular weight is 389 g/mol. The van der Waals surface area contributed by atoms with Crippen molar-refractivity contribution in [3.05, 3.63) is 75.0 Å². The van der Waals surface area contributed by atoms with E-state index in [4.69, 9.17) is 4.99 Å². The third kappa shape index (κ3) is 3.62. The molecule has 0 unspecified atom stereocenters. The predicted octanol–water partition coefficient (Wildman–Crippen LogP) is 0.674. The molecule has 1 aliphatic rings. The quantitative estimate of drug-likeness (QED) is 0.400. The van der Waals surface area contributed by atoms with Crippen molar-refractivity contribution in [1.82, 2.24) is 24.6 Å². The molecule has 3 heterocycles. The van der Waals surface area contributed by atoms with Gasteiger partial charge in [-0.2, -0.15) is 9.61 Å². The van der Waals surface area contributed by atoms with Crippen molar-refractivity contribution in [3.63, 3.8) is 0 Å². The van der Waals surface area contributed by atoms with E-state index in [-0.39, 0.29) is 11.6 Å². The van der Waals surface area contributed by atoms with E-state index in [0.717, 1.165) is 23.9 Å². The lowest BCUT2D eigenvalue weighted by atomic mass is 10.2. The molecule has 5 rings (SSSR count). The zero-order valence-electron chi connectivity index (χ0n) is 15.5. The van der Waals surface area contributed by atoms with Crippen molar-refractivity contribution in [2.45, 2.75) is 25.4 Å². The molecule has 1 aliphatic carbocycles. The number of fused-ring (bicyclic) bond motifs is 1. The van der Waals surface area contributed by atoms with Gasteiger partial charge >= 0.3 is 5.69 Å². The van der Waals surface area contributed by atoms with E-state index >= 15 is 0 Å². The normalized spacial score (nSPS) is 15.3. The summed E-state index contributed by atoms with van der Waals surface area (Å²) in [6.07, 6.45) is 5.43. The van der Waals surface area contributed by atoms with E-state index in [9.17, 15) is 9.90 Å². The molecule has 1 saturated carbocycles. The first-order chi connectivity index (χ1) is 14.2. The number of anilines is 1. The lowest BCUT2D eigenvalue weighted by Crippen LogP contribution is -2.20. The minimum Gasteiger partial charge on any atom is -0.493 e. The van der Waals surface area contributed by atoms with E-state index in [1.54, 1.807) is 16.8 Å². The molecule has 0 saturated heterocycles. The Morgan fingerprint density at radius 1 is 1.28 bits per heavy atom. The highest BCUT2D eigenvalue weighted by Gasteiger charge is 2.20. The summed E-state index contributed by atoms with van der Waals surface area (Å²) in [5.41, 5.74) is 2.25. The van der Waals surface area contributed by atoms with Gasteiger partial charge in [0.2, 0.25) is 5.88 Å². The van der Waals surface area contributed by atoms with E-state index in [0.29, 0.717) is 29.3 Å². The molecular weight excluding hydrogens is 370 g/mol. The smallest absolute Gasteiger partial charge is 0.326 e. The lowest BCUT2D eigenvalue weighted by molar-refractivity contribution is 0.454. The Morgan fingerprint density at radius 3 is 2.83 bits per heavy atom. The van der Waals surface area contributed by atoms with Crippen LogP contribution in [-0.2, 0) is 6.54 Å². The van der Waals surface area contributed by atoms with Crippen molar-refractivity contribution in [3.8, 4) is 5.88 Å². The third-order valence-electron chi connectivity index (χ3n) is 4.69. The predicted molar refractivity (Wildman–Crippen MR) is 107 cm³/mol. The molecule has 0 bridgehead atoms. The van der Waals surface area contributed by atoms with Crippen LogP contribution in [0.25, 0.3) is 11.7 Å². The monoisotopic (exact) mass is 389 g/mol. The molecule has 1 fully saturated rings. The third-order valence-corrected chi connectivity index (χ3v) is 4.69. The van der Waals surface area contributed by atoms with E-state index < -0.39 is 5.69 Å². The Bertz CT molecular complexity index is 1350. The number of aromatic amines is 2. The molecule has 146 valence electrons. The van der Waals surface area contributed by atoms with Gasteiger partial charge < -0.3 is 15.4 Å². The van der Waals surface area contributed by atoms with Gasteiger partial charge in [0.1, 0.15) is 11.5 Å². The summed E-state index contributed by atoms with van der Waals surface area (Å²) in [6, 6.07) is 12.3. The summed E-state index contributed by atoms with van der Waals surface area (Å²) in [4.78, 5) is 25.7. The maximum Gasteiger partial charge on any atom is 0.326 e. The van der Waals surface area contributed by atoms with Crippen LogP contribution in [0, 0.1) is 0 Å². The topological polar surface area (TPSA) is 123 Å². The van der Waals surface area contributed by atoms with Crippen molar-refractivity contribution >= 4 is 17.5 Å². The molecule has 4 aromatic rings. The molecule has 0 amide bonds. The second kappa shape index (κ2) is 6.93. The molecule has 9 heteroatoms. The first kappa shape index (κ1) is 17.2. The summed E-state index contributed by atoms with van der Waals surface area (Å²) in [5, 5.41) is 18.3. The van der Waals surface area contributed by atoms with Gasteiger partial charge in [-0.25, -0.2) is 9.78 Å². The molecule has 0 radical (unpaired) electrons. The Balaban J connectivity index is 1.61. The number of hydrogen-bond acceptors (Lipinski definition) is 6. The molecule has 3 aromatic heterocycles. The fraction of sp³-hybridized carbons (Fsp3) is 0.200. The van der Waals surface area contributed by atoms with Gasteiger partial charge in [0.05, 0.1) is 12.2 Å². The minimum atomic E-state index is -0.479. The summed E-state index contributed by atoms with van der Waals surface area (Å²) in [6.45, 7) is 0.631. The summed E-state index contributed by atoms with van der Waals surface area (Å²) in [7, 11) is 0. The molecule has 0 spiro atoms. The number of aromatic hydroxyl groups is 1. The Morgan fingerprint density at radius 2 is 2.10 bits per heavy atom. The summed E-state index contributed by atoms with van der Waals surface area (Å²) in [5.74, 6) is 0.457. The zero-order valence-corrected chi connectivity index (χ0v) is 15.5. The SMILES string of the molecule is O=c1[nH]c(O)c(C=c2cnn3c(=NC4CC4)cc(NCc4ccccc4)nc23)[nH]1. The fourth-order valence-corrected chi connectivity index (χ4v) is 3.08. The van der Waals surface area contributed by atoms with Crippen LogP contribution in [0.2, 0.25) is 0 Å². The van der Waals surface area contributed by atoms with Crippen LogP contribution < -0.4 is 21.7 Å². The Hall–Kier alpha value is -3.88. The zero-order chi connectivity index (χ0) is 19.8. The van der Waals surface area contributed by atoms with Crippen LogP contribution >= 0.6 is 0 Å². The van der Waals surface area contributed by atoms with Crippen LogP contribution in [0.1, 0.15) is 24.1 Å². The summed E-state index contributed by atoms with van der Waals surface area (Å²) < 4.78 is 1.68. The molecule has 0 atom stereocenters. The second-order valence-corrected chi connectivity index (χ2v) is 7.02. The van der Waals surface area contributed by atoms with Crippen LogP contribution in [0.4, 0.5) is 5.82 Å². The second-order valence-electron chi connectivity index (χ2n) is 7.02. The highest BCUT2D eigenvalue weighted by molar-refractivity contribution is 5.57. The van der Waals surface area contributed by atoms with Gasteiger partial charge in [0.15, 0.2) is 11.1 Å².